The number of nitrogens with zero attached hydrogens (tertiary/aromatic N) is 2. The number of hydrogen-bond acceptors (Lipinski definition) is 4. The third-order valence-corrected chi connectivity index (χ3v) is 1.48. The topological polar surface area (TPSA) is 76.2 Å². The van der Waals surface area contributed by atoms with Gasteiger partial charge in [-0.25, -0.2) is 4.21 Å². The Morgan fingerprint density at radius 3 is 3.10 bits per heavy atom. The van der Waals surface area contributed by atoms with Crippen molar-refractivity contribution < 1.29 is 13.3 Å². The molecule has 5 nitrogen and oxygen atoms in total. The second kappa shape index (κ2) is 3.43. The Morgan fingerprint density at radius 1 is 1.80 bits per heavy atom. The van der Waals surface area contributed by atoms with E-state index < -0.39 is 11.1 Å². The van der Waals surface area contributed by atoms with E-state index in [1.54, 1.807) is 0 Å². The minimum absolute atomic E-state index is 0.164. The molecular weight excluding hydrogens is 156 g/mol. The van der Waals surface area contributed by atoms with Crippen LogP contribution in [-0.2, 0) is 17.5 Å². The highest BCUT2D eigenvalue weighted by Crippen LogP contribution is 1.95. The van der Waals surface area contributed by atoms with Crippen LogP contribution < -0.4 is 0 Å². The van der Waals surface area contributed by atoms with Crippen molar-refractivity contribution in [3.63, 3.8) is 0 Å². The molecule has 1 aromatic rings. The van der Waals surface area contributed by atoms with E-state index >= 15 is 0 Å². The van der Waals surface area contributed by atoms with Crippen molar-refractivity contribution in [2.45, 2.75) is 6.42 Å². The van der Waals surface area contributed by atoms with Crippen LogP contribution in [0, 0.1) is 0 Å². The molecule has 0 aromatic carbocycles. The van der Waals surface area contributed by atoms with E-state index in [9.17, 15) is 4.21 Å². The summed E-state index contributed by atoms with van der Waals surface area (Å²) in [5.74, 6) is 0.694. The zero-order valence-electron chi connectivity index (χ0n) is 5.06. The molecule has 0 fully saturated rings. The number of hydrogen-bond donors (Lipinski definition) is 1. The maximum absolute atomic E-state index is 10.1. The lowest BCUT2D eigenvalue weighted by Gasteiger charge is -1.87. The second-order valence-electron chi connectivity index (χ2n) is 1.66. The average Bonchev–Trinajstić information content (AvgIpc) is 2.34. The number of aryl methyl sites for hydroxylation is 1. The Kier molecular flexibility index (Phi) is 2.52. The van der Waals surface area contributed by atoms with Gasteiger partial charge in [0.25, 0.3) is 0 Å². The average molecular weight is 162 g/mol. The van der Waals surface area contributed by atoms with Gasteiger partial charge in [-0.3, -0.25) is 0 Å². The summed E-state index contributed by atoms with van der Waals surface area (Å²) in [4.78, 5) is 0. The Hall–Kier alpha value is -0.750. The summed E-state index contributed by atoms with van der Waals surface area (Å²) < 4.78 is 23.0. The first-order valence-electron chi connectivity index (χ1n) is 2.63. The van der Waals surface area contributed by atoms with E-state index in [2.05, 4.69) is 14.9 Å². The van der Waals surface area contributed by atoms with Crippen molar-refractivity contribution in [3.05, 3.63) is 12.0 Å². The molecule has 56 valence electrons. The molecule has 0 spiro atoms. The predicted octanol–water partition coefficient (Wildman–Crippen LogP) is -0.166. The molecule has 10 heavy (non-hydrogen) atoms. The van der Waals surface area contributed by atoms with Gasteiger partial charge < -0.3 is 9.08 Å². The standard InChI is InChI=1S/C4H6N2O3S/c7-10(8)2-1-4-3-5-6-9-4/h3H,1-2H2,(H,7,8). The fraction of sp³-hybridized carbons (Fsp3) is 0.500. The summed E-state index contributed by atoms with van der Waals surface area (Å²) in [7, 11) is 0. The van der Waals surface area contributed by atoms with Crippen LogP contribution in [-0.4, -0.2) is 24.9 Å². The van der Waals surface area contributed by atoms with Crippen LogP contribution in [0.1, 0.15) is 5.76 Å². The van der Waals surface area contributed by atoms with Crippen LogP contribution in [0.5, 0.6) is 0 Å². The first kappa shape index (κ1) is 7.36. The van der Waals surface area contributed by atoms with Gasteiger partial charge in [-0.1, -0.05) is 0 Å². The summed E-state index contributed by atoms with van der Waals surface area (Å²) in [6, 6.07) is 0. The van der Waals surface area contributed by atoms with Gasteiger partial charge in [0.2, 0.25) is 0 Å². The quantitative estimate of drug-likeness (QED) is 0.624. The molecule has 0 amide bonds. The lowest BCUT2D eigenvalue weighted by molar-refractivity contribution is 0.364. The lowest BCUT2D eigenvalue weighted by Crippen LogP contribution is -1.97. The summed E-state index contributed by atoms with van der Waals surface area (Å²) >= 11 is -1.77. The molecule has 1 heterocycles. The van der Waals surface area contributed by atoms with Gasteiger partial charge >= 0.3 is 0 Å². The molecule has 0 bridgehead atoms. The Balaban J connectivity index is 2.35. The van der Waals surface area contributed by atoms with E-state index in [1.807, 2.05) is 0 Å². The highest BCUT2D eigenvalue weighted by molar-refractivity contribution is 7.79. The third kappa shape index (κ3) is 2.24. The highest BCUT2D eigenvalue weighted by Gasteiger charge is 1.99. The zero-order valence-corrected chi connectivity index (χ0v) is 5.87. The van der Waals surface area contributed by atoms with Crippen LogP contribution in [0.2, 0.25) is 0 Å². The van der Waals surface area contributed by atoms with E-state index in [0.717, 1.165) is 0 Å². The van der Waals surface area contributed by atoms with Gasteiger partial charge in [-0.15, -0.1) is 5.10 Å². The van der Waals surface area contributed by atoms with Gasteiger partial charge in [-0.05, 0) is 0 Å². The predicted molar refractivity (Wildman–Crippen MR) is 33.6 cm³/mol. The van der Waals surface area contributed by atoms with Crippen LogP contribution >= 0.6 is 0 Å². The molecule has 1 aromatic heterocycles. The zero-order chi connectivity index (χ0) is 7.40. The maximum Gasteiger partial charge on any atom is 0.158 e. The minimum Gasteiger partial charge on any atom is -0.342 e. The first-order valence-corrected chi connectivity index (χ1v) is 3.90. The molecule has 0 radical (unpaired) electrons. The summed E-state index contributed by atoms with van der Waals surface area (Å²) in [6.07, 6.45) is 1.82. The molecule has 0 saturated carbocycles. The van der Waals surface area contributed by atoms with Crippen molar-refractivity contribution in [1.29, 1.82) is 0 Å². The van der Waals surface area contributed by atoms with Gasteiger partial charge in [0.1, 0.15) is 0 Å². The number of rotatable bonds is 3. The second-order valence-corrected chi connectivity index (χ2v) is 2.71. The SMILES string of the molecule is O=S(O)CCc1cnno1. The van der Waals surface area contributed by atoms with Crippen molar-refractivity contribution >= 4 is 11.1 Å². The molecule has 1 atom stereocenters. The third-order valence-electron chi connectivity index (χ3n) is 0.930. The molecule has 0 aliphatic carbocycles. The molecule has 6 heteroatoms. The molecule has 1 unspecified atom stereocenters. The van der Waals surface area contributed by atoms with Gasteiger partial charge in [0, 0.05) is 11.7 Å². The fourth-order valence-electron chi connectivity index (χ4n) is 0.486. The van der Waals surface area contributed by atoms with E-state index in [-0.39, 0.29) is 5.75 Å². The van der Waals surface area contributed by atoms with E-state index in [1.165, 1.54) is 6.20 Å². The number of aromatic nitrogens is 2. The van der Waals surface area contributed by atoms with Gasteiger partial charge in [0.15, 0.2) is 16.8 Å². The van der Waals surface area contributed by atoms with Crippen LogP contribution in [0.3, 0.4) is 0 Å². The summed E-state index contributed by atoms with van der Waals surface area (Å²) in [5, 5.41) is 6.60. The summed E-state index contributed by atoms with van der Waals surface area (Å²) in [6.45, 7) is 0. The normalized spacial score (nSPS) is 13.3. The van der Waals surface area contributed by atoms with Crippen molar-refractivity contribution in [3.8, 4) is 0 Å². The molecule has 0 aliphatic heterocycles. The first-order chi connectivity index (χ1) is 4.79. The van der Waals surface area contributed by atoms with E-state index in [0.29, 0.717) is 12.2 Å². The fourth-order valence-corrected chi connectivity index (χ4v) is 0.861. The van der Waals surface area contributed by atoms with Crippen molar-refractivity contribution in [1.82, 2.24) is 10.4 Å². The maximum atomic E-state index is 10.1. The van der Waals surface area contributed by atoms with Crippen LogP contribution in [0.15, 0.2) is 10.7 Å². The Bertz CT molecular complexity index is 210. The molecule has 0 aliphatic rings. The van der Waals surface area contributed by atoms with Gasteiger partial charge in [-0.2, -0.15) is 0 Å². The molecule has 1 rings (SSSR count). The van der Waals surface area contributed by atoms with Gasteiger partial charge in [0.05, 0.1) is 11.9 Å². The van der Waals surface area contributed by atoms with Crippen molar-refractivity contribution in [2.75, 3.05) is 5.75 Å². The van der Waals surface area contributed by atoms with Crippen LogP contribution in [0.4, 0.5) is 0 Å². The van der Waals surface area contributed by atoms with E-state index in [4.69, 9.17) is 4.55 Å². The summed E-state index contributed by atoms with van der Waals surface area (Å²) in [5.41, 5.74) is 0. The van der Waals surface area contributed by atoms with Crippen LogP contribution in [0.25, 0.3) is 0 Å². The molecular formula is C4H6N2O3S. The smallest absolute Gasteiger partial charge is 0.158 e. The highest BCUT2D eigenvalue weighted by atomic mass is 32.2. The monoisotopic (exact) mass is 162 g/mol. The Labute approximate surface area is 59.7 Å². The molecule has 0 saturated heterocycles. The van der Waals surface area contributed by atoms with Crippen molar-refractivity contribution in [2.24, 2.45) is 0 Å². The minimum atomic E-state index is -1.77. The lowest BCUT2D eigenvalue weighted by atomic mass is 10.4. The molecule has 1 N–H and O–H groups in total. The largest absolute Gasteiger partial charge is 0.342 e. The Morgan fingerprint density at radius 2 is 2.60 bits per heavy atom.